The second kappa shape index (κ2) is 7.64. The third-order valence-corrected chi connectivity index (χ3v) is 4.97. The maximum absolute atomic E-state index is 12.7. The van der Waals surface area contributed by atoms with E-state index in [0.717, 1.165) is 16.8 Å². The summed E-state index contributed by atoms with van der Waals surface area (Å²) in [4.78, 5) is 12.7. The Morgan fingerprint density at radius 3 is 2.38 bits per heavy atom. The molecular weight excluding hydrogens is 386 g/mol. The van der Waals surface area contributed by atoms with Crippen molar-refractivity contribution in [2.24, 2.45) is 0 Å². The molecule has 0 aliphatic rings. The molecule has 2 heterocycles. The summed E-state index contributed by atoms with van der Waals surface area (Å²) in [5.41, 5.74) is 4.94. The molecule has 0 aliphatic carbocycles. The average molecular weight is 406 g/mol. The van der Waals surface area contributed by atoms with Crippen LogP contribution in [0.5, 0.6) is 0 Å². The number of halogens is 1. The molecule has 4 aromatic rings. The van der Waals surface area contributed by atoms with Gasteiger partial charge in [0.05, 0.1) is 17.0 Å². The van der Waals surface area contributed by atoms with Crippen LogP contribution in [-0.4, -0.2) is 25.7 Å². The molecule has 7 heteroatoms. The molecule has 6 nitrogen and oxygen atoms in total. The van der Waals surface area contributed by atoms with Crippen LogP contribution in [0.4, 0.5) is 5.69 Å². The van der Waals surface area contributed by atoms with Crippen molar-refractivity contribution in [3.05, 3.63) is 76.7 Å². The maximum Gasteiger partial charge on any atom is 0.278 e. The molecule has 0 bridgehead atoms. The second-order valence-electron chi connectivity index (χ2n) is 7.11. The van der Waals surface area contributed by atoms with Crippen LogP contribution in [0.1, 0.15) is 41.6 Å². The van der Waals surface area contributed by atoms with E-state index in [-0.39, 0.29) is 17.5 Å². The number of carbonyl (C=O) groups excluding carboxylic acids is 1. The number of rotatable bonds is 4. The van der Waals surface area contributed by atoms with Crippen molar-refractivity contribution in [2.75, 3.05) is 5.32 Å². The molecule has 0 saturated carbocycles. The molecule has 0 fully saturated rings. The van der Waals surface area contributed by atoms with Gasteiger partial charge >= 0.3 is 0 Å². The number of hydrogen-bond acceptors (Lipinski definition) is 4. The molecule has 146 valence electrons. The van der Waals surface area contributed by atoms with E-state index in [1.54, 1.807) is 4.52 Å². The number of aryl methyl sites for hydroxylation is 1. The Balaban J connectivity index is 1.83. The van der Waals surface area contributed by atoms with E-state index in [1.807, 2.05) is 61.5 Å². The number of hydrogen-bond donors (Lipinski definition) is 1. The van der Waals surface area contributed by atoms with Gasteiger partial charge in [0.2, 0.25) is 0 Å². The van der Waals surface area contributed by atoms with Crippen molar-refractivity contribution in [1.82, 2.24) is 19.8 Å². The van der Waals surface area contributed by atoms with E-state index >= 15 is 0 Å². The quantitative estimate of drug-likeness (QED) is 0.511. The Hall–Kier alpha value is -3.25. The summed E-state index contributed by atoms with van der Waals surface area (Å²) in [7, 11) is 0. The number of nitrogens with zero attached hydrogens (tertiary/aromatic N) is 4. The summed E-state index contributed by atoms with van der Waals surface area (Å²) in [5.74, 6) is -0.152. The first-order valence-corrected chi connectivity index (χ1v) is 9.71. The predicted molar refractivity (Wildman–Crippen MR) is 114 cm³/mol. The first kappa shape index (κ1) is 19.1. The van der Waals surface area contributed by atoms with E-state index in [0.29, 0.717) is 22.1 Å². The molecule has 0 unspecified atom stereocenters. The van der Waals surface area contributed by atoms with Crippen LogP contribution in [-0.2, 0) is 0 Å². The van der Waals surface area contributed by atoms with Crippen LogP contribution in [0.25, 0.3) is 16.8 Å². The van der Waals surface area contributed by atoms with E-state index in [2.05, 4.69) is 29.4 Å². The molecule has 29 heavy (non-hydrogen) atoms. The highest BCUT2D eigenvalue weighted by molar-refractivity contribution is 6.30. The van der Waals surface area contributed by atoms with Crippen LogP contribution in [0.3, 0.4) is 0 Å². The number of amides is 1. The zero-order valence-electron chi connectivity index (χ0n) is 16.3. The van der Waals surface area contributed by atoms with Gasteiger partial charge in [-0.15, -0.1) is 10.2 Å². The number of carbonyl (C=O) groups is 1. The van der Waals surface area contributed by atoms with Crippen LogP contribution in [0.2, 0.25) is 5.02 Å². The fraction of sp³-hybridized carbons (Fsp3) is 0.182. The van der Waals surface area contributed by atoms with Crippen LogP contribution in [0, 0.1) is 6.92 Å². The van der Waals surface area contributed by atoms with Gasteiger partial charge in [-0.25, -0.2) is 4.52 Å². The largest absolute Gasteiger partial charge is 0.321 e. The lowest BCUT2D eigenvalue weighted by atomic mass is 10.00. The summed E-state index contributed by atoms with van der Waals surface area (Å²) in [6.07, 6.45) is 0. The molecule has 0 spiro atoms. The van der Waals surface area contributed by atoms with Gasteiger partial charge in [0.1, 0.15) is 0 Å². The third kappa shape index (κ3) is 3.59. The first-order chi connectivity index (χ1) is 14.0. The van der Waals surface area contributed by atoms with Crippen LogP contribution < -0.4 is 5.32 Å². The Morgan fingerprint density at radius 2 is 1.72 bits per heavy atom. The zero-order valence-corrected chi connectivity index (χ0v) is 17.1. The Morgan fingerprint density at radius 1 is 1.03 bits per heavy atom. The van der Waals surface area contributed by atoms with Gasteiger partial charge in [0.25, 0.3) is 5.91 Å². The summed E-state index contributed by atoms with van der Waals surface area (Å²) in [5, 5.41) is 16.9. The molecule has 4 rings (SSSR count). The monoisotopic (exact) mass is 405 g/mol. The predicted octanol–water partition coefficient (Wildman–Crippen LogP) is 5.13. The fourth-order valence-corrected chi connectivity index (χ4v) is 3.37. The van der Waals surface area contributed by atoms with E-state index in [9.17, 15) is 4.79 Å². The first-order valence-electron chi connectivity index (χ1n) is 9.34. The standard InChI is InChI=1S/C22H20ClN5O/c1-13(2)19-18(15-9-11-16(23)12-10-15)21-26-25-20(14(3)28(21)27-19)22(29)24-17-7-5-4-6-8-17/h4-13H,1-3H3,(H,24,29). The molecule has 0 aliphatic heterocycles. The van der Waals surface area contributed by atoms with Crippen molar-refractivity contribution in [3.8, 4) is 11.1 Å². The van der Waals surface area contributed by atoms with E-state index in [1.165, 1.54) is 0 Å². The van der Waals surface area contributed by atoms with Gasteiger partial charge in [0, 0.05) is 10.7 Å². The van der Waals surface area contributed by atoms with E-state index < -0.39 is 0 Å². The molecule has 0 atom stereocenters. The Kier molecular flexibility index (Phi) is 5.03. The number of para-hydroxylation sites is 1. The van der Waals surface area contributed by atoms with Gasteiger partial charge in [-0.3, -0.25) is 4.79 Å². The highest BCUT2D eigenvalue weighted by Gasteiger charge is 2.23. The summed E-state index contributed by atoms with van der Waals surface area (Å²) in [6.45, 7) is 5.98. The number of aromatic nitrogens is 4. The summed E-state index contributed by atoms with van der Waals surface area (Å²) in [6, 6.07) is 16.8. The molecular formula is C22H20ClN5O. The molecule has 0 saturated heterocycles. The van der Waals surface area contributed by atoms with Gasteiger partial charge in [-0.1, -0.05) is 55.8 Å². The summed E-state index contributed by atoms with van der Waals surface area (Å²) < 4.78 is 1.70. The van der Waals surface area contributed by atoms with Crippen molar-refractivity contribution < 1.29 is 4.79 Å². The molecule has 2 aromatic carbocycles. The minimum atomic E-state index is -0.322. The van der Waals surface area contributed by atoms with Crippen molar-refractivity contribution in [1.29, 1.82) is 0 Å². The molecule has 1 N–H and O–H groups in total. The van der Waals surface area contributed by atoms with Crippen molar-refractivity contribution >= 4 is 28.8 Å². The van der Waals surface area contributed by atoms with Gasteiger partial charge < -0.3 is 5.32 Å². The van der Waals surface area contributed by atoms with Gasteiger partial charge in [-0.05, 0) is 42.7 Å². The van der Waals surface area contributed by atoms with Crippen molar-refractivity contribution in [3.63, 3.8) is 0 Å². The average Bonchev–Trinajstić information content (AvgIpc) is 3.10. The summed E-state index contributed by atoms with van der Waals surface area (Å²) >= 11 is 6.05. The topological polar surface area (TPSA) is 72.2 Å². The minimum Gasteiger partial charge on any atom is -0.321 e. The number of nitrogens with one attached hydrogen (secondary N) is 1. The van der Waals surface area contributed by atoms with E-state index in [4.69, 9.17) is 16.7 Å². The second-order valence-corrected chi connectivity index (χ2v) is 7.55. The maximum atomic E-state index is 12.7. The normalized spacial score (nSPS) is 11.2. The fourth-order valence-electron chi connectivity index (χ4n) is 3.24. The number of fused-ring (bicyclic) bond motifs is 1. The highest BCUT2D eigenvalue weighted by Crippen LogP contribution is 2.33. The molecule has 1 amide bonds. The smallest absolute Gasteiger partial charge is 0.278 e. The lowest BCUT2D eigenvalue weighted by molar-refractivity contribution is 0.102. The lowest BCUT2D eigenvalue weighted by Crippen LogP contribution is -2.18. The third-order valence-electron chi connectivity index (χ3n) is 4.72. The number of anilines is 1. The molecule has 0 radical (unpaired) electrons. The van der Waals surface area contributed by atoms with Crippen molar-refractivity contribution in [2.45, 2.75) is 26.7 Å². The lowest BCUT2D eigenvalue weighted by Gasteiger charge is -2.08. The minimum absolute atomic E-state index is 0.170. The Bertz CT molecular complexity index is 1180. The Labute approximate surface area is 173 Å². The number of benzene rings is 2. The van der Waals surface area contributed by atoms with Gasteiger partial charge in [0.15, 0.2) is 11.3 Å². The SMILES string of the molecule is Cc1c(C(=O)Nc2ccccc2)nnc2c(-c3ccc(Cl)cc3)c(C(C)C)nn12. The van der Waals surface area contributed by atoms with Crippen LogP contribution >= 0.6 is 11.6 Å². The zero-order chi connectivity index (χ0) is 20.5. The molecule has 2 aromatic heterocycles. The highest BCUT2D eigenvalue weighted by atomic mass is 35.5. The van der Waals surface area contributed by atoms with Gasteiger partial charge in [-0.2, -0.15) is 5.10 Å². The van der Waals surface area contributed by atoms with Crippen LogP contribution in [0.15, 0.2) is 54.6 Å².